The lowest BCUT2D eigenvalue weighted by molar-refractivity contribution is -0.122. The molecule has 0 spiro atoms. The van der Waals surface area contributed by atoms with Gasteiger partial charge in [0.2, 0.25) is 17.6 Å². The van der Waals surface area contributed by atoms with Crippen molar-refractivity contribution in [2.45, 2.75) is 25.9 Å². The average Bonchev–Trinajstić information content (AvgIpc) is 3.33. The van der Waals surface area contributed by atoms with Gasteiger partial charge in [0.15, 0.2) is 6.10 Å². The van der Waals surface area contributed by atoms with Gasteiger partial charge in [-0.3, -0.25) is 9.59 Å². The molecule has 0 radical (unpaired) electrons. The number of anilines is 2. The van der Waals surface area contributed by atoms with Gasteiger partial charge in [-0.1, -0.05) is 5.16 Å². The van der Waals surface area contributed by atoms with Crippen molar-refractivity contribution in [3.8, 4) is 17.1 Å². The summed E-state index contributed by atoms with van der Waals surface area (Å²) < 4.78 is 10.7. The van der Waals surface area contributed by atoms with E-state index in [9.17, 15) is 9.59 Å². The molecule has 1 atom stereocenters. The smallest absolute Gasteiger partial charge is 0.265 e. The predicted octanol–water partition coefficient (Wildman–Crippen LogP) is 3.09. The van der Waals surface area contributed by atoms with Crippen LogP contribution in [0.3, 0.4) is 0 Å². The third kappa shape index (κ3) is 3.82. The van der Waals surface area contributed by atoms with Crippen molar-refractivity contribution in [3.63, 3.8) is 0 Å². The van der Waals surface area contributed by atoms with Crippen LogP contribution in [0.15, 0.2) is 39.5 Å². The minimum absolute atomic E-state index is 0.193. The lowest BCUT2D eigenvalue weighted by Crippen LogP contribution is -2.34. The molecule has 0 aliphatic carbocycles. The summed E-state index contributed by atoms with van der Waals surface area (Å²) in [5.41, 5.74) is 2.00. The molecule has 27 heavy (non-hydrogen) atoms. The normalized spacial score (nSPS) is 15.6. The molecule has 0 unspecified atom stereocenters. The molecule has 4 rings (SSSR count). The molecule has 0 saturated heterocycles. The molecule has 1 aliphatic rings. The molecular formula is C18H16N4O4S. The maximum Gasteiger partial charge on any atom is 0.265 e. The number of aromatic nitrogens is 2. The van der Waals surface area contributed by atoms with Gasteiger partial charge in [0.1, 0.15) is 5.75 Å². The Morgan fingerprint density at radius 1 is 1.37 bits per heavy atom. The highest BCUT2D eigenvalue weighted by Gasteiger charge is 2.23. The van der Waals surface area contributed by atoms with E-state index in [0.717, 1.165) is 5.56 Å². The highest BCUT2D eigenvalue weighted by molar-refractivity contribution is 7.08. The van der Waals surface area contributed by atoms with Gasteiger partial charge < -0.3 is 19.9 Å². The molecule has 3 aromatic rings. The number of hydrogen-bond acceptors (Lipinski definition) is 7. The number of ether oxygens (including phenoxy) is 1. The molecule has 1 aromatic carbocycles. The van der Waals surface area contributed by atoms with Crippen molar-refractivity contribution in [2.75, 3.05) is 10.6 Å². The molecular weight excluding hydrogens is 368 g/mol. The van der Waals surface area contributed by atoms with Crippen LogP contribution in [0.2, 0.25) is 0 Å². The topological polar surface area (TPSA) is 106 Å². The lowest BCUT2D eigenvalue weighted by atomic mass is 10.2. The number of rotatable bonds is 5. The van der Waals surface area contributed by atoms with E-state index in [2.05, 4.69) is 20.8 Å². The predicted molar refractivity (Wildman–Crippen MR) is 99.7 cm³/mol. The zero-order valence-corrected chi connectivity index (χ0v) is 15.2. The van der Waals surface area contributed by atoms with Gasteiger partial charge in [0.05, 0.1) is 5.69 Å². The van der Waals surface area contributed by atoms with Crippen molar-refractivity contribution in [2.24, 2.45) is 0 Å². The molecule has 1 aliphatic heterocycles. The fraction of sp³-hybridized carbons (Fsp3) is 0.222. The number of amides is 2. The van der Waals surface area contributed by atoms with E-state index < -0.39 is 6.10 Å². The number of fused-ring (bicyclic) bond motifs is 1. The van der Waals surface area contributed by atoms with E-state index in [1.54, 1.807) is 36.5 Å². The fourth-order valence-electron chi connectivity index (χ4n) is 2.60. The lowest BCUT2D eigenvalue weighted by Gasteiger charge is -2.23. The molecule has 8 nitrogen and oxygen atoms in total. The Balaban J connectivity index is 1.35. The van der Waals surface area contributed by atoms with Crippen LogP contribution in [0.5, 0.6) is 5.75 Å². The second-order valence-corrected chi connectivity index (χ2v) is 6.81. The molecule has 2 aromatic heterocycles. The Hall–Kier alpha value is -3.20. The van der Waals surface area contributed by atoms with Crippen LogP contribution in [0.1, 0.15) is 19.2 Å². The van der Waals surface area contributed by atoms with E-state index in [4.69, 9.17) is 9.26 Å². The number of thiophene rings is 1. The minimum atomic E-state index is -0.536. The second kappa shape index (κ2) is 7.20. The number of benzene rings is 1. The molecule has 0 bridgehead atoms. The molecule has 3 heterocycles. The third-order valence-electron chi connectivity index (χ3n) is 4.01. The Morgan fingerprint density at radius 2 is 2.26 bits per heavy atom. The van der Waals surface area contributed by atoms with Gasteiger partial charge in [0, 0.05) is 29.5 Å². The zero-order valence-electron chi connectivity index (χ0n) is 14.4. The van der Waals surface area contributed by atoms with E-state index in [0.29, 0.717) is 35.3 Å². The first-order valence-electron chi connectivity index (χ1n) is 8.35. The van der Waals surface area contributed by atoms with E-state index in [1.807, 2.05) is 16.8 Å². The summed E-state index contributed by atoms with van der Waals surface area (Å²) >= 11 is 1.55. The first-order chi connectivity index (χ1) is 13.1. The van der Waals surface area contributed by atoms with E-state index in [1.165, 1.54) is 0 Å². The van der Waals surface area contributed by atoms with Crippen molar-refractivity contribution in [1.29, 1.82) is 0 Å². The van der Waals surface area contributed by atoms with Crippen molar-refractivity contribution >= 4 is 34.5 Å². The molecule has 9 heteroatoms. The third-order valence-corrected chi connectivity index (χ3v) is 4.69. The Labute approximate surface area is 158 Å². The second-order valence-electron chi connectivity index (χ2n) is 6.03. The number of aryl methyl sites for hydroxylation is 1. The zero-order chi connectivity index (χ0) is 18.8. The summed E-state index contributed by atoms with van der Waals surface area (Å²) in [5.74, 6) is 1.09. The summed E-state index contributed by atoms with van der Waals surface area (Å²) in [6.45, 7) is 1.68. The number of carbonyl (C=O) groups is 2. The van der Waals surface area contributed by atoms with Crippen LogP contribution in [-0.2, 0) is 16.0 Å². The van der Waals surface area contributed by atoms with E-state index in [-0.39, 0.29) is 18.2 Å². The van der Waals surface area contributed by atoms with Crippen molar-refractivity contribution in [1.82, 2.24) is 10.1 Å². The Morgan fingerprint density at radius 3 is 3.07 bits per heavy atom. The molecule has 0 fully saturated rings. The molecule has 0 saturated carbocycles. The van der Waals surface area contributed by atoms with Crippen LogP contribution in [-0.4, -0.2) is 28.1 Å². The van der Waals surface area contributed by atoms with Crippen molar-refractivity contribution < 1.29 is 18.8 Å². The van der Waals surface area contributed by atoms with Gasteiger partial charge >= 0.3 is 0 Å². The SMILES string of the molecule is C[C@@H]1Oc2ccc(NC(=O)CCc3nc(-c4ccsc4)no3)cc2NC1=O. The van der Waals surface area contributed by atoms with Gasteiger partial charge in [-0.25, -0.2) is 0 Å². The summed E-state index contributed by atoms with van der Waals surface area (Å²) in [7, 11) is 0. The molecule has 138 valence electrons. The maximum absolute atomic E-state index is 12.2. The number of carbonyl (C=O) groups excluding carboxylic acids is 2. The van der Waals surface area contributed by atoms with Crippen LogP contribution in [0.25, 0.3) is 11.4 Å². The molecule has 2 amide bonds. The first-order valence-corrected chi connectivity index (χ1v) is 9.29. The van der Waals surface area contributed by atoms with Gasteiger partial charge in [-0.05, 0) is 36.6 Å². The number of nitrogens with zero attached hydrogens (tertiary/aromatic N) is 2. The van der Waals surface area contributed by atoms with Crippen LogP contribution in [0.4, 0.5) is 11.4 Å². The highest BCUT2D eigenvalue weighted by atomic mass is 32.1. The van der Waals surface area contributed by atoms with Crippen LogP contribution in [0, 0.1) is 0 Å². The molecule has 2 N–H and O–H groups in total. The van der Waals surface area contributed by atoms with Crippen molar-refractivity contribution in [3.05, 3.63) is 40.9 Å². The summed E-state index contributed by atoms with van der Waals surface area (Å²) in [6.07, 6.45) is -0.000577. The monoisotopic (exact) mass is 384 g/mol. The van der Waals surface area contributed by atoms with Crippen LogP contribution < -0.4 is 15.4 Å². The highest BCUT2D eigenvalue weighted by Crippen LogP contribution is 2.32. The average molecular weight is 384 g/mol. The largest absolute Gasteiger partial charge is 0.479 e. The van der Waals surface area contributed by atoms with E-state index >= 15 is 0 Å². The number of hydrogen-bond donors (Lipinski definition) is 2. The first kappa shape index (κ1) is 17.2. The summed E-state index contributed by atoms with van der Waals surface area (Å²) in [6, 6.07) is 7.01. The van der Waals surface area contributed by atoms with Gasteiger partial charge in [-0.2, -0.15) is 16.3 Å². The summed E-state index contributed by atoms with van der Waals surface area (Å²) in [5, 5.41) is 13.3. The van der Waals surface area contributed by atoms with Crippen LogP contribution >= 0.6 is 11.3 Å². The fourth-order valence-corrected chi connectivity index (χ4v) is 3.23. The number of nitrogens with one attached hydrogen (secondary N) is 2. The standard InChI is InChI=1S/C18H16N4O4S/c1-10-18(24)20-13-8-12(2-3-14(13)25-10)19-15(23)4-5-16-21-17(22-26-16)11-6-7-27-9-11/h2-3,6-10H,4-5H2,1H3,(H,19,23)(H,20,24)/t10-/m0/s1. The van der Waals surface area contributed by atoms with Gasteiger partial charge in [0.25, 0.3) is 5.91 Å². The Bertz CT molecular complexity index is 983. The quantitative estimate of drug-likeness (QED) is 0.700. The van der Waals surface area contributed by atoms with Gasteiger partial charge in [-0.15, -0.1) is 0 Å². The Kier molecular flexibility index (Phi) is 4.59. The summed E-state index contributed by atoms with van der Waals surface area (Å²) in [4.78, 5) is 28.2. The maximum atomic E-state index is 12.2. The minimum Gasteiger partial charge on any atom is -0.479 e.